The zero-order valence-electron chi connectivity index (χ0n) is 21.3. The third kappa shape index (κ3) is 4.55. The quantitative estimate of drug-likeness (QED) is 0.631. The molecule has 0 atom stereocenters. The Balaban J connectivity index is 1.19. The summed E-state index contributed by atoms with van der Waals surface area (Å²) in [6.45, 7) is 2.86. The van der Waals surface area contributed by atoms with Crippen molar-refractivity contribution in [1.29, 1.82) is 0 Å². The van der Waals surface area contributed by atoms with Crippen molar-refractivity contribution in [2.45, 2.75) is 51.5 Å². The Kier molecular flexibility index (Phi) is 6.90. The van der Waals surface area contributed by atoms with Crippen molar-refractivity contribution in [3.8, 4) is 5.75 Å². The van der Waals surface area contributed by atoms with Gasteiger partial charge in [0.05, 0.1) is 18.0 Å². The van der Waals surface area contributed by atoms with E-state index in [1.165, 1.54) is 9.13 Å². The van der Waals surface area contributed by atoms with Crippen molar-refractivity contribution in [3.05, 3.63) is 39.0 Å². The highest BCUT2D eigenvalue weighted by atomic mass is 16.5. The summed E-state index contributed by atoms with van der Waals surface area (Å²) >= 11 is 0. The lowest BCUT2D eigenvalue weighted by Gasteiger charge is -2.40. The smallest absolute Gasteiger partial charge is 0.331 e. The molecule has 1 aliphatic heterocycles. The average Bonchev–Trinajstić information content (AvgIpc) is 2.88. The van der Waals surface area contributed by atoms with Crippen molar-refractivity contribution < 1.29 is 14.3 Å². The maximum Gasteiger partial charge on any atom is 0.331 e. The predicted octanol–water partition coefficient (Wildman–Crippen LogP) is 1.99. The highest BCUT2D eigenvalue weighted by Crippen LogP contribution is 2.32. The van der Waals surface area contributed by atoms with Crippen LogP contribution in [-0.4, -0.2) is 64.0 Å². The van der Waals surface area contributed by atoms with Gasteiger partial charge in [0.25, 0.3) is 5.56 Å². The molecule has 1 aromatic carbocycles. The topological polar surface area (TPSA) is 93.8 Å². The number of hydrogen-bond acceptors (Lipinski definition) is 5. The molecule has 3 fully saturated rings. The Morgan fingerprint density at radius 2 is 1.47 bits per heavy atom. The van der Waals surface area contributed by atoms with E-state index in [1.807, 2.05) is 9.80 Å². The molecule has 1 saturated heterocycles. The zero-order valence-corrected chi connectivity index (χ0v) is 21.3. The summed E-state index contributed by atoms with van der Waals surface area (Å²) in [5.41, 5.74) is -0.0180. The monoisotopic (exact) mass is 496 g/mol. The summed E-state index contributed by atoms with van der Waals surface area (Å²) in [5.74, 6) is 1.40. The number of methoxy groups -OCH3 is 1. The molecule has 0 spiro atoms. The van der Waals surface area contributed by atoms with Gasteiger partial charge in [0.1, 0.15) is 5.75 Å². The lowest BCUT2D eigenvalue weighted by molar-refractivity contribution is -0.146. The molecular weight excluding hydrogens is 460 g/mol. The van der Waals surface area contributed by atoms with Gasteiger partial charge in [-0.1, -0.05) is 6.42 Å². The highest BCUT2D eigenvalue weighted by molar-refractivity contribution is 5.81. The van der Waals surface area contributed by atoms with Crippen LogP contribution in [-0.2, 0) is 23.2 Å². The highest BCUT2D eigenvalue weighted by Gasteiger charge is 2.35. The second-order valence-electron chi connectivity index (χ2n) is 10.6. The van der Waals surface area contributed by atoms with Gasteiger partial charge < -0.3 is 14.5 Å². The third-order valence-electron chi connectivity index (χ3n) is 8.55. The largest absolute Gasteiger partial charge is 0.497 e. The molecule has 2 amide bonds. The molecule has 0 radical (unpaired) electrons. The van der Waals surface area contributed by atoms with Crippen LogP contribution in [0.25, 0.3) is 10.9 Å². The Morgan fingerprint density at radius 1 is 0.889 bits per heavy atom. The standard InChI is InChI=1S/C27H36N4O5/c1-28-23-11-10-21(36-2)16-22(23)26(34)31(27(28)35)17-18-6-8-20(9-7-18)25(33)30-14-12-29(13-15-30)24(32)19-4-3-5-19/h10-11,16,18-20H,3-9,12-15,17H2,1-2H3/t18-,20-. The maximum atomic E-state index is 13.2. The molecule has 2 heterocycles. The summed E-state index contributed by atoms with van der Waals surface area (Å²) in [6.07, 6.45) is 6.31. The Morgan fingerprint density at radius 3 is 2.00 bits per heavy atom. The number of ether oxygens (including phenoxy) is 1. The number of nitrogens with zero attached hydrogens (tertiary/aromatic N) is 4. The molecule has 9 heteroatoms. The first kappa shape index (κ1) is 24.6. The Hall–Kier alpha value is -3.10. The van der Waals surface area contributed by atoms with E-state index in [0.717, 1.165) is 44.9 Å². The average molecular weight is 497 g/mol. The van der Waals surface area contributed by atoms with Crippen LogP contribution in [0.3, 0.4) is 0 Å². The number of carbonyl (C=O) groups is 2. The molecule has 2 aliphatic carbocycles. The van der Waals surface area contributed by atoms with Crippen molar-refractivity contribution in [1.82, 2.24) is 18.9 Å². The molecular formula is C27H36N4O5. The van der Waals surface area contributed by atoms with E-state index in [-0.39, 0.29) is 40.8 Å². The zero-order chi connectivity index (χ0) is 25.4. The minimum Gasteiger partial charge on any atom is -0.497 e. The third-order valence-corrected chi connectivity index (χ3v) is 8.55. The molecule has 0 N–H and O–H groups in total. The van der Waals surface area contributed by atoms with Crippen LogP contribution in [0.4, 0.5) is 0 Å². The van der Waals surface area contributed by atoms with Gasteiger partial charge in [-0.15, -0.1) is 0 Å². The molecule has 3 aliphatic rings. The summed E-state index contributed by atoms with van der Waals surface area (Å²) in [5, 5.41) is 0.468. The van der Waals surface area contributed by atoms with E-state index in [0.29, 0.717) is 49.4 Å². The molecule has 5 rings (SSSR count). The molecule has 0 bridgehead atoms. The van der Waals surface area contributed by atoms with Gasteiger partial charge in [-0.25, -0.2) is 4.79 Å². The normalized spacial score (nSPS) is 22.9. The Labute approximate surface area is 210 Å². The van der Waals surface area contributed by atoms with Crippen molar-refractivity contribution in [3.63, 3.8) is 0 Å². The first-order valence-electron chi connectivity index (χ1n) is 13.2. The fourth-order valence-electron chi connectivity index (χ4n) is 5.95. The fraction of sp³-hybridized carbons (Fsp3) is 0.630. The minimum atomic E-state index is -0.315. The summed E-state index contributed by atoms with van der Waals surface area (Å²) in [7, 11) is 3.23. The molecule has 0 unspecified atom stereocenters. The molecule has 194 valence electrons. The van der Waals surface area contributed by atoms with E-state index in [9.17, 15) is 19.2 Å². The number of rotatable bonds is 5. The lowest BCUT2D eigenvalue weighted by Crippen LogP contribution is -2.53. The van der Waals surface area contributed by atoms with E-state index < -0.39 is 0 Å². The first-order valence-corrected chi connectivity index (χ1v) is 13.2. The molecule has 2 aromatic rings. The van der Waals surface area contributed by atoms with Crippen LogP contribution < -0.4 is 16.0 Å². The Bertz CT molecular complexity index is 1260. The van der Waals surface area contributed by atoms with Crippen LogP contribution in [0.1, 0.15) is 44.9 Å². The maximum absolute atomic E-state index is 13.2. The van der Waals surface area contributed by atoms with Crippen LogP contribution in [0.5, 0.6) is 5.75 Å². The van der Waals surface area contributed by atoms with Gasteiger partial charge in [-0.2, -0.15) is 0 Å². The van der Waals surface area contributed by atoms with Crippen LogP contribution in [0.15, 0.2) is 27.8 Å². The van der Waals surface area contributed by atoms with Crippen molar-refractivity contribution >= 4 is 22.7 Å². The summed E-state index contributed by atoms with van der Waals surface area (Å²) < 4.78 is 8.12. The van der Waals surface area contributed by atoms with Crippen molar-refractivity contribution in [2.75, 3.05) is 33.3 Å². The number of piperazine rings is 1. The van der Waals surface area contributed by atoms with E-state index in [2.05, 4.69) is 0 Å². The van der Waals surface area contributed by atoms with Gasteiger partial charge in [0, 0.05) is 51.6 Å². The van der Waals surface area contributed by atoms with Gasteiger partial charge in [-0.05, 0) is 62.6 Å². The van der Waals surface area contributed by atoms with E-state index >= 15 is 0 Å². The molecule has 2 saturated carbocycles. The van der Waals surface area contributed by atoms with E-state index in [1.54, 1.807) is 32.4 Å². The summed E-state index contributed by atoms with van der Waals surface area (Å²) in [6, 6.07) is 5.17. The summed E-state index contributed by atoms with van der Waals surface area (Å²) in [4.78, 5) is 55.6. The van der Waals surface area contributed by atoms with Gasteiger partial charge in [0.15, 0.2) is 0 Å². The molecule has 36 heavy (non-hydrogen) atoms. The second kappa shape index (κ2) is 10.1. The number of hydrogen-bond donors (Lipinski definition) is 0. The second-order valence-corrected chi connectivity index (χ2v) is 10.6. The SMILES string of the molecule is COc1ccc2c(c1)c(=O)n(C[C@H]1CC[C@H](C(=O)N3CCN(C(=O)C4CCC4)CC3)CC1)c(=O)n2C. The van der Waals surface area contributed by atoms with Gasteiger partial charge in [0.2, 0.25) is 11.8 Å². The first-order chi connectivity index (χ1) is 17.4. The number of amides is 2. The number of aryl methyl sites for hydroxylation is 1. The van der Waals surface area contributed by atoms with Crippen molar-refractivity contribution in [2.24, 2.45) is 24.8 Å². The van der Waals surface area contributed by atoms with E-state index in [4.69, 9.17) is 4.74 Å². The number of benzene rings is 1. The lowest BCUT2D eigenvalue weighted by atomic mass is 9.81. The van der Waals surface area contributed by atoms with Gasteiger partial charge in [-0.3, -0.25) is 23.5 Å². The van der Waals surface area contributed by atoms with Crippen LogP contribution in [0, 0.1) is 17.8 Å². The van der Waals surface area contributed by atoms with Crippen LogP contribution >= 0.6 is 0 Å². The number of aromatic nitrogens is 2. The fourth-order valence-corrected chi connectivity index (χ4v) is 5.95. The predicted molar refractivity (Wildman–Crippen MR) is 136 cm³/mol. The molecule has 9 nitrogen and oxygen atoms in total. The minimum absolute atomic E-state index is 0.0180. The van der Waals surface area contributed by atoms with Gasteiger partial charge >= 0.3 is 5.69 Å². The van der Waals surface area contributed by atoms with Crippen LogP contribution in [0.2, 0.25) is 0 Å². The molecule has 1 aromatic heterocycles. The number of carbonyl (C=O) groups excluding carboxylic acids is 2. The number of fused-ring (bicyclic) bond motifs is 1.